The summed E-state index contributed by atoms with van der Waals surface area (Å²) in [6.07, 6.45) is 2.94. The maximum absolute atomic E-state index is 4.66. The van der Waals surface area contributed by atoms with Crippen molar-refractivity contribution in [1.82, 2.24) is 9.97 Å². The van der Waals surface area contributed by atoms with E-state index in [0.29, 0.717) is 0 Å². The van der Waals surface area contributed by atoms with Gasteiger partial charge in [0.1, 0.15) is 0 Å². The van der Waals surface area contributed by atoms with Crippen molar-refractivity contribution in [3.05, 3.63) is 42.2 Å². The molecule has 15 heavy (non-hydrogen) atoms. The molecule has 0 atom stereocenters. The molecule has 0 saturated carbocycles. The first-order valence-electron chi connectivity index (χ1n) is 5.25. The lowest BCUT2D eigenvalue weighted by Gasteiger charge is -2.03. The lowest BCUT2D eigenvalue weighted by molar-refractivity contribution is 1.07. The fourth-order valence-corrected chi connectivity index (χ4v) is 2.09. The molecular formula is C13H12N2. The minimum absolute atomic E-state index is 0.960. The van der Waals surface area contributed by atoms with Crippen LogP contribution in [0.3, 0.4) is 0 Å². The van der Waals surface area contributed by atoms with Gasteiger partial charge in [-0.3, -0.25) is 4.98 Å². The van der Waals surface area contributed by atoms with Crippen molar-refractivity contribution in [3.8, 4) is 0 Å². The fourth-order valence-electron chi connectivity index (χ4n) is 2.09. The topological polar surface area (TPSA) is 28.7 Å². The van der Waals surface area contributed by atoms with E-state index in [1.54, 1.807) is 0 Å². The fraction of sp³-hybridized carbons (Fsp3) is 0.154. The Morgan fingerprint density at radius 2 is 2.00 bits per heavy atom. The number of nitrogens with one attached hydrogen (secondary N) is 1. The van der Waals surface area contributed by atoms with Crippen LogP contribution in [0.2, 0.25) is 0 Å². The van der Waals surface area contributed by atoms with E-state index in [1.807, 2.05) is 12.3 Å². The zero-order chi connectivity index (χ0) is 10.3. The number of rotatable bonds is 1. The van der Waals surface area contributed by atoms with Crippen LogP contribution in [0, 0.1) is 0 Å². The zero-order valence-corrected chi connectivity index (χ0v) is 8.62. The molecule has 0 aliphatic rings. The molecule has 0 saturated heterocycles. The van der Waals surface area contributed by atoms with Gasteiger partial charge in [-0.15, -0.1) is 0 Å². The van der Waals surface area contributed by atoms with Crippen molar-refractivity contribution in [3.63, 3.8) is 0 Å². The van der Waals surface area contributed by atoms with Crippen molar-refractivity contribution in [1.29, 1.82) is 0 Å². The highest BCUT2D eigenvalue weighted by Gasteiger charge is 2.06. The molecule has 2 aromatic heterocycles. The van der Waals surface area contributed by atoms with Crippen molar-refractivity contribution >= 4 is 21.8 Å². The molecule has 2 nitrogen and oxygen atoms in total. The van der Waals surface area contributed by atoms with E-state index in [1.165, 1.54) is 16.3 Å². The zero-order valence-electron chi connectivity index (χ0n) is 8.62. The number of fused-ring (bicyclic) bond motifs is 3. The van der Waals surface area contributed by atoms with Gasteiger partial charge in [0.15, 0.2) is 0 Å². The number of pyridine rings is 1. The second-order valence-electron chi connectivity index (χ2n) is 3.70. The molecule has 74 valence electrons. The highest BCUT2D eigenvalue weighted by Crippen LogP contribution is 2.25. The number of H-pyrrole nitrogens is 1. The van der Waals surface area contributed by atoms with Gasteiger partial charge >= 0.3 is 0 Å². The van der Waals surface area contributed by atoms with Gasteiger partial charge in [-0.2, -0.15) is 0 Å². The standard InChI is InChI=1S/C13H12N2/c1-2-11-13-10(7-8-14-13)9-5-3-4-6-12(9)15-11/h3-8,14H,2H2,1H3. The Hall–Kier alpha value is -1.83. The van der Waals surface area contributed by atoms with Gasteiger partial charge < -0.3 is 4.98 Å². The van der Waals surface area contributed by atoms with Crippen molar-refractivity contribution in [2.24, 2.45) is 0 Å². The Morgan fingerprint density at radius 3 is 2.87 bits per heavy atom. The number of benzene rings is 1. The van der Waals surface area contributed by atoms with Crippen LogP contribution in [-0.4, -0.2) is 9.97 Å². The molecule has 0 amide bonds. The smallest absolute Gasteiger partial charge is 0.0713 e. The molecule has 3 rings (SSSR count). The van der Waals surface area contributed by atoms with Gasteiger partial charge in [0.2, 0.25) is 0 Å². The third kappa shape index (κ3) is 1.14. The quantitative estimate of drug-likeness (QED) is 0.635. The molecule has 3 aromatic rings. The van der Waals surface area contributed by atoms with Crippen LogP contribution >= 0.6 is 0 Å². The van der Waals surface area contributed by atoms with E-state index < -0.39 is 0 Å². The highest BCUT2D eigenvalue weighted by molar-refractivity contribution is 6.05. The monoisotopic (exact) mass is 196 g/mol. The minimum Gasteiger partial charge on any atom is -0.360 e. The number of hydrogen-bond donors (Lipinski definition) is 1. The van der Waals surface area contributed by atoms with Gasteiger partial charge in [0.25, 0.3) is 0 Å². The Bertz CT molecular complexity index is 623. The van der Waals surface area contributed by atoms with Crippen LogP contribution in [0.25, 0.3) is 21.8 Å². The highest BCUT2D eigenvalue weighted by atomic mass is 14.8. The number of hydrogen-bond acceptors (Lipinski definition) is 1. The van der Waals surface area contributed by atoms with Crippen molar-refractivity contribution in [2.45, 2.75) is 13.3 Å². The van der Waals surface area contributed by atoms with Crippen LogP contribution in [-0.2, 0) is 6.42 Å². The summed E-state index contributed by atoms with van der Waals surface area (Å²) < 4.78 is 0. The van der Waals surface area contributed by atoms with E-state index in [0.717, 1.165) is 17.6 Å². The molecule has 0 aliphatic carbocycles. The van der Waals surface area contributed by atoms with E-state index >= 15 is 0 Å². The normalized spacial score (nSPS) is 11.3. The van der Waals surface area contributed by atoms with Gasteiger partial charge in [0.05, 0.1) is 16.7 Å². The molecular weight excluding hydrogens is 184 g/mol. The minimum atomic E-state index is 0.960. The van der Waals surface area contributed by atoms with E-state index in [2.05, 4.69) is 41.2 Å². The Labute approximate surface area is 88.0 Å². The molecule has 2 heterocycles. The summed E-state index contributed by atoms with van der Waals surface area (Å²) in [5.74, 6) is 0. The summed E-state index contributed by atoms with van der Waals surface area (Å²) in [6.45, 7) is 2.14. The lowest BCUT2D eigenvalue weighted by Crippen LogP contribution is -1.90. The predicted molar refractivity (Wildman–Crippen MR) is 63.0 cm³/mol. The molecule has 1 N–H and O–H groups in total. The van der Waals surface area contributed by atoms with Crippen molar-refractivity contribution < 1.29 is 0 Å². The second-order valence-corrected chi connectivity index (χ2v) is 3.70. The summed E-state index contributed by atoms with van der Waals surface area (Å²) in [4.78, 5) is 7.93. The van der Waals surface area contributed by atoms with Gasteiger partial charge in [-0.05, 0) is 18.6 Å². The molecule has 0 spiro atoms. The van der Waals surface area contributed by atoms with Crippen LogP contribution in [0.1, 0.15) is 12.6 Å². The number of aryl methyl sites for hydroxylation is 1. The molecule has 0 fully saturated rings. The van der Waals surface area contributed by atoms with Gasteiger partial charge in [-0.25, -0.2) is 0 Å². The molecule has 0 unspecified atom stereocenters. The van der Waals surface area contributed by atoms with Crippen LogP contribution in [0.5, 0.6) is 0 Å². The van der Waals surface area contributed by atoms with Crippen LogP contribution < -0.4 is 0 Å². The molecule has 1 aromatic carbocycles. The first-order chi connectivity index (χ1) is 7.40. The molecule has 0 aliphatic heterocycles. The molecule has 0 radical (unpaired) electrons. The van der Waals surface area contributed by atoms with Crippen LogP contribution in [0.4, 0.5) is 0 Å². The van der Waals surface area contributed by atoms with E-state index in [9.17, 15) is 0 Å². The summed E-state index contributed by atoms with van der Waals surface area (Å²) in [5.41, 5.74) is 3.41. The number of nitrogens with zero attached hydrogens (tertiary/aromatic N) is 1. The third-order valence-corrected chi connectivity index (χ3v) is 2.82. The largest absolute Gasteiger partial charge is 0.360 e. The number of aromatic nitrogens is 2. The van der Waals surface area contributed by atoms with E-state index in [-0.39, 0.29) is 0 Å². The first-order valence-corrected chi connectivity index (χ1v) is 5.25. The Kier molecular flexibility index (Phi) is 1.75. The van der Waals surface area contributed by atoms with Crippen molar-refractivity contribution in [2.75, 3.05) is 0 Å². The first kappa shape index (κ1) is 8.48. The SMILES string of the molecule is CCc1nc2ccccc2c2cc[nH]c12. The Balaban J connectivity index is 2.57. The average molecular weight is 196 g/mol. The summed E-state index contributed by atoms with van der Waals surface area (Å²) in [6, 6.07) is 10.4. The summed E-state index contributed by atoms with van der Waals surface area (Å²) in [7, 11) is 0. The number of para-hydroxylation sites is 1. The molecule has 0 bridgehead atoms. The van der Waals surface area contributed by atoms with Gasteiger partial charge in [0, 0.05) is 17.0 Å². The number of aromatic amines is 1. The summed E-state index contributed by atoms with van der Waals surface area (Å²) in [5, 5.41) is 2.50. The van der Waals surface area contributed by atoms with E-state index in [4.69, 9.17) is 0 Å². The second kappa shape index (κ2) is 3.09. The average Bonchev–Trinajstić information content (AvgIpc) is 2.77. The maximum atomic E-state index is 4.66. The van der Waals surface area contributed by atoms with Crippen LogP contribution in [0.15, 0.2) is 36.5 Å². The Morgan fingerprint density at radius 1 is 1.13 bits per heavy atom. The molecule has 2 heteroatoms. The van der Waals surface area contributed by atoms with Gasteiger partial charge in [-0.1, -0.05) is 25.1 Å². The lowest BCUT2D eigenvalue weighted by atomic mass is 10.1. The summed E-state index contributed by atoms with van der Waals surface area (Å²) >= 11 is 0. The third-order valence-electron chi connectivity index (χ3n) is 2.82. The predicted octanol–water partition coefficient (Wildman–Crippen LogP) is 3.28. The maximum Gasteiger partial charge on any atom is 0.0713 e.